The number of rotatable bonds is 3. The Balaban J connectivity index is 1.47. The number of piperidine rings is 1. The van der Waals surface area contributed by atoms with E-state index in [9.17, 15) is 0 Å². The third-order valence-electron chi connectivity index (χ3n) is 7.15. The maximum Gasteiger partial charge on any atom is 0.211 e. The molecule has 1 spiro atoms. The summed E-state index contributed by atoms with van der Waals surface area (Å²) in [4.78, 5) is 18.0. The molecule has 1 aliphatic heterocycles. The molecule has 2 N–H and O–H groups in total. The zero-order valence-corrected chi connectivity index (χ0v) is 19.0. The number of hydrogen-bond donors (Lipinski definition) is 1. The Morgan fingerprint density at radius 2 is 2.00 bits per heavy atom. The molecule has 4 heterocycles. The Morgan fingerprint density at radius 1 is 1.20 bits per heavy atom. The smallest absolute Gasteiger partial charge is 0.211 e. The van der Waals surface area contributed by atoms with Gasteiger partial charge in [0.2, 0.25) is 5.95 Å². The van der Waals surface area contributed by atoms with Crippen LogP contribution < -0.4 is 10.6 Å². The van der Waals surface area contributed by atoms with Gasteiger partial charge in [0, 0.05) is 36.6 Å². The van der Waals surface area contributed by atoms with Gasteiger partial charge in [-0.25, -0.2) is 15.0 Å². The van der Waals surface area contributed by atoms with Crippen LogP contribution in [-0.2, 0) is 0 Å². The molecule has 0 amide bonds. The topological polar surface area (TPSA) is 72.3 Å². The monoisotopic (exact) mass is 442 g/mol. The number of pyridine rings is 1. The largest absolute Gasteiger partial charge is 0.382 e. The molecule has 3 aromatic heterocycles. The van der Waals surface area contributed by atoms with E-state index in [-0.39, 0.29) is 0 Å². The fourth-order valence-electron chi connectivity index (χ4n) is 5.23. The molecule has 158 valence electrons. The van der Waals surface area contributed by atoms with E-state index in [1.165, 1.54) is 32.1 Å². The minimum Gasteiger partial charge on any atom is -0.382 e. The standard InChI is InChI=1S/C22H27ClN6S/c1-14-4-3-6-22(14)7-11-28(12-8-22)21-27-15(2)18(20-26-10-13-29(20)21)30-16-5-9-25-19(24)17(16)23/h5,9-10,13-14H,3-4,6-8,11-12H2,1-2H3,(H2,24,25)/t14-/m1/s1. The zero-order valence-electron chi connectivity index (χ0n) is 17.4. The highest BCUT2D eigenvalue weighted by Crippen LogP contribution is 2.50. The molecule has 3 aromatic rings. The summed E-state index contributed by atoms with van der Waals surface area (Å²) >= 11 is 7.92. The highest BCUT2D eigenvalue weighted by Gasteiger charge is 2.42. The minimum absolute atomic E-state index is 0.339. The molecular weight excluding hydrogens is 416 g/mol. The van der Waals surface area contributed by atoms with Crippen molar-refractivity contribution in [3.8, 4) is 0 Å². The average molecular weight is 443 g/mol. The summed E-state index contributed by atoms with van der Waals surface area (Å²) in [5, 5.41) is 0.475. The number of aromatic nitrogens is 4. The van der Waals surface area contributed by atoms with Crippen molar-refractivity contribution >= 4 is 40.8 Å². The molecule has 6 nitrogen and oxygen atoms in total. The van der Waals surface area contributed by atoms with Gasteiger partial charge < -0.3 is 10.6 Å². The van der Waals surface area contributed by atoms with E-state index in [0.29, 0.717) is 16.3 Å². The summed E-state index contributed by atoms with van der Waals surface area (Å²) < 4.78 is 2.11. The number of nitrogens with zero attached hydrogens (tertiary/aromatic N) is 5. The summed E-state index contributed by atoms with van der Waals surface area (Å²) in [5.74, 6) is 2.18. The van der Waals surface area contributed by atoms with Gasteiger partial charge in [0.05, 0.1) is 15.6 Å². The highest BCUT2D eigenvalue weighted by molar-refractivity contribution is 7.99. The van der Waals surface area contributed by atoms with Crippen LogP contribution in [0.4, 0.5) is 11.8 Å². The van der Waals surface area contributed by atoms with E-state index in [0.717, 1.165) is 46.1 Å². The maximum absolute atomic E-state index is 6.38. The molecule has 1 atom stereocenters. The van der Waals surface area contributed by atoms with Gasteiger partial charge in [-0.05, 0) is 43.6 Å². The molecule has 0 unspecified atom stereocenters. The van der Waals surface area contributed by atoms with Crippen LogP contribution in [0, 0.1) is 18.3 Å². The van der Waals surface area contributed by atoms with Gasteiger partial charge in [0.15, 0.2) is 5.65 Å². The first-order chi connectivity index (χ1) is 14.5. The summed E-state index contributed by atoms with van der Waals surface area (Å²) in [6.45, 7) is 6.61. The van der Waals surface area contributed by atoms with Crippen molar-refractivity contribution in [1.82, 2.24) is 19.4 Å². The van der Waals surface area contributed by atoms with Crippen LogP contribution in [0.3, 0.4) is 0 Å². The van der Waals surface area contributed by atoms with Crippen molar-refractivity contribution in [3.05, 3.63) is 35.4 Å². The molecule has 1 saturated carbocycles. The predicted octanol–water partition coefficient (Wildman–Crippen LogP) is 5.23. The maximum atomic E-state index is 6.38. The van der Waals surface area contributed by atoms with Crippen LogP contribution in [-0.4, -0.2) is 32.4 Å². The van der Waals surface area contributed by atoms with E-state index < -0.39 is 0 Å². The van der Waals surface area contributed by atoms with Crippen LogP contribution in [0.1, 0.15) is 44.7 Å². The summed E-state index contributed by atoms with van der Waals surface area (Å²) in [6, 6.07) is 1.88. The number of aryl methyl sites for hydroxylation is 1. The molecule has 1 aliphatic carbocycles. The first-order valence-corrected chi connectivity index (χ1v) is 11.8. The molecular formula is C22H27ClN6S. The Bertz CT molecular complexity index is 1090. The molecule has 8 heteroatoms. The SMILES string of the molecule is Cc1nc(N2CCC3(CCC[C@H]3C)CC2)n2ccnc2c1Sc1ccnc(N)c1Cl. The quantitative estimate of drug-likeness (QED) is 0.599. The van der Waals surface area contributed by atoms with E-state index in [1.807, 2.05) is 25.4 Å². The van der Waals surface area contributed by atoms with Crippen molar-refractivity contribution in [1.29, 1.82) is 0 Å². The molecule has 5 rings (SSSR count). The van der Waals surface area contributed by atoms with Gasteiger partial charge in [0.1, 0.15) is 5.82 Å². The molecule has 2 aliphatic rings. The van der Waals surface area contributed by atoms with Crippen molar-refractivity contribution in [2.45, 2.75) is 55.7 Å². The number of imidazole rings is 1. The van der Waals surface area contributed by atoms with Crippen LogP contribution in [0.2, 0.25) is 5.02 Å². The highest BCUT2D eigenvalue weighted by atomic mass is 35.5. The van der Waals surface area contributed by atoms with Crippen LogP contribution >= 0.6 is 23.4 Å². The lowest BCUT2D eigenvalue weighted by atomic mass is 9.71. The Labute approximate surface area is 186 Å². The van der Waals surface area contributed by atoms with E-state index in [4.69, 9.17) is 22.3 Å². The minimum atomic E-state index is 0.339. The van der Waals surface area contributed by atoms with Crippen molar-refractivity contribution in [2.75, 3.05) is 23.7 Å². The van der Waals surface area contributed by atoms with Gasteiger partial charge in [-0.2, -0.15) is 0 Å². The molecule has 0 aromatic carbocycles. The number of halogens is 1. The van der Waals surface area contributed by atoms with Gasteiger partial charge >= 0.3 is 0 Å². The Hall–Kier alpha value is -1.99. The van der Waals surface area contributed by atoms with Gasteiger partial charge in [-0.15, -0.1) is 0 Å². The predicted molar refractivity (Wildman–Crippen MR) is 122 cm³/mol. The number of hydrogen-bond acceptors (Lipinski definition) is 6. The lowest BCUT2D eigenvalue weighted by molar-refractivity contribution is 0.161. The fraction of sp³-hybridized carbons (Fsp3) is 0.500. The van der Waals surface area contributed by atoms with Gasteiger partial charge in [-0.3, -0.25) is 4.40 Å². The molecule has 30 heavy (non-hydrogen) atoms. The third kappa shape index (κ3) is 3.23. The molecule has 2 fully saturated rings. The van der Waals surface area contributed by atoms with Crippen LogP contribution in [0.25, 0.3) is 5.65 Å². The second-order valence-corrected chi connectivity index (χ2v) is 10.1. The summed E-state index contributed by atoms with van der Waals surface area (Å²) in [7, 11) is 0. The lowest BCUT2D eigenvalue weighted by Gasteiger charge is -2.42. The molecule has 0 bridgehead atoms. The number of fused-ring (bicyclic) bond motifs is 1. The van der Waals surface area contributed by atoms with Gasteiger partial charge in [0.25, 0.3) is 0 Å². The van der Waals surface area contributed by atoms with Crippen LogP contribution in [0.15, 0.2) is 34.4 Å². The first-order valence-electron chi connectivity index (χ1n) is 10.6. The van der Waals surface area contributed by atoms with Crippen molar-refractivity contribution < 1.29 is 0 Å². The number of nitrogens with two attached hydrogens (primary N) is 1. The number of anilines is 2. The second-order valence-electron chi connectivity index (χ2n) is 8.70. The second kappa shape index (κ2) is 7.61. The third-order valence-corrected chi connectivity index (χ3v) is 8.90. The fourth-order valence-corrected chi connectivity index (χ4v) is 6.44. The molecule has 0 radical (unpaired) electrons. The average Bonchev–Trinajstić information content (AvgIpc) is 3.36. The zero-order chi connectivity index (χ0) is 20.9. The van der Waals surface area contributed by atoms with Crippen molar-refractivity contribution in [3.63, 3.8) is 0 Å². The molecule has 1 saturated heterocycles. The van der Waals surface area contributed by atoms with Crippen molar-refractivity contribution in [2.24, 2.45) is 11.3 Å². The summed E-state index contributed by atoms with van der Waals surface area (Å²) in [5.41, 5.74) is 8.29. The Kier molecular flexibility index (Phi) is 5.06. The van der Waals surface area contributed by atoms with Gasteiger partial charge in [-0.1, -0.05) is 43.1 Å². The lowest BCUT2D eigenvalue weighted by Crippen LogP contribution is -2.42. The summed E-state index contributed by atoms with van der Waals surface area (Å²) in [6.07, 6.45) is 12.2. The first kappa shape index (κ1) is 19.9. The van der Waals surface area contributed by atoms with E-state index in [1.54, 1.807) is 18.0 Å². The van der Waals surface area contributed by atoms with E-state index in [2.05, 4.69) is 26.2 Å². The number of nitrogen functional groups attached to an aromatic ring is 1. The Morgan fingerprint density at radius 3 is 2.73 bits per heavy atom. The normalized spacial score (nSPS) is 21.0. The van der Waals surface area contributed by atoms with Crippen LogP contribution in [0.5, 0.6) is 0 Å². The van der Waals surface area contributed by atoms with E-state index >= 15 is 0 Å².